The number of aliphatic carboxylic acids is 1. The van der Waals surface area contributed by atoms with Gasteiger partial charge in [-0.1, -0.05) is 0 Å². The molecular formula is C9H16F2N2O5S. The van der Waals surface area contributed by atoms with Crippen molar-refractivity contribution in [2.45, 2.75) is 37.8 Å². The zero-order valence-corrected chi connectivity index (χ0v) is 10.8. The Morgan fingerprint density at radius 2 is 2.05 bits per heavy atom. The van der Waals surface area contributed by atoms with Crippen LogP contribution in [0.4, 0.5) is 8.78 Å². The predicted octanol–water partition coefficient (Wildman–Crippen LogP) is -0.614. The largest absolute Gasteiger partial charge is 0.480 e. The lowest BCUT2D eigenvalue weighted by Crippen LogP contribution is -2.53. The molecule has 0 spiro atoms. The third-order valence-electron chi connectivity index (χ3n) is 2.81. The number of aliphatic hydroxyl groups excluding tert-OH is 1. The van der Waals surface area contributed by atoms with Crippen molar-refractivity contribution in [3.8, 4) is 0 Å². The van der Waals surface area contributed by atoms with Gasteiger partial charge in [0.2, 0.25) is 0 Å². The highest BCUT2D eigenvalue weighted by Crippen LogP contribution is 2.20. The summed E-state index contributed by atoms with van der Waals surface area (Å²) in [5, 5.41) is 17.8. The molecule has 0 bridgehead atoms. The Morgan fingerprint density at radius 3 is 2.58 bits per heavy atom. The average Bonchev–Trinajstić information content (AvgIpc) is 2.35. The van der Waals surface area contributed by atoms with E-state index in [0.29, 0.717) is 12.8 Å². The summed E-state index contributed by atoms with van der Waals surface area (Å²) < 4.78 is 50.3. The van der Waals surface area contributed by atoms with Gasteiger partial charge in [-0.2, -0.15) is 17.4 Å². The molecule has 2 unspecified atom stereocenters. The lowest BCUT2D eigenvalue weighted by Gasteiger charge is -2.32. The van der Waals surface area contributed by atoms with E-state index in [1.807, 2.05) is 0 Å². The van der Waals surface area contributed by atoms with Crippen molar-refractivity contribution < 1.29 is 32.2 Å². The lowest BCUT2D eigenvalue weighted by molar-refractivity contribution is -0.142. The number of nitrogens with zero attached hydrogens (tertiary/aromatic N) is 1. The van der Waals surface area contributed by atoms with Crippen molar-refractivity contribution in [2.24, 2.45) is 0 Å². The number of carbonyl (C=O) groups is 1. The number of hydrogen-bond acceptors (Lipinski definition) is 4. The van der Waals surface area contributed by atoms with Crippen LogP contribution < -0.4 is 4.72 Å². The van der Waals surface area contributed by atoms with Crippen molar-refractivity contribution in [3.63, 3.8) is 0 Å². The van der Waals surface area contributed by atoms with Gasteiger partial charge in [0.05, 0.1) is 0 Å². The minimum atomic E-state index is -4.20. The monoisotopic (exact) mass is 302 g/mol. The van der Waals surface area contributed by atoms with E-state index in [0.717, 1.165) is 4.31 Å². The third kappa shape index (κ3) is 4.34. The van der Waals surface area contributed by atoms with Crippen LogP contribution in [0, 0.1) is 0 Å². The number of aliphatic hydroxyl groups is 1. The highest BCUT2D eigenvalue weighted by Gasteiger charge is 2.37. The molecule has 112 valence electrons. The topological polar surface area (TPSA) is 107 Å². The van der Waals surface area contributed by atoms with Gasteiger partial charge >= 0.3 is 5.97 Å². The van der Waals surface area contributed by atoms with Crippen LogP contribution >= 0.6 is 0 Å². The minimum absolute atomic E-state index is 0.0110. The first-order chi connectivity index (χ1) is 8.75. The van der Waals surface area contributed by atoms with E-state index in [1.165, 1.54) is 0 Å². The van der Waals surface area contributed by atoms with Crippen molar-refractivity contribution in [3.05, 3.63) is 0 Å². The van der Waals surface area contributed by atoms with Gasteiger partial charge in [-0.15, -0.1) is 0 Å². The SMILES string of the molecule is O=C(O)C1CCCCN1S(=O)(=O)NCC(O)C(F)F. The zero-order valence-electron chi connectivity index (χ0n) is 10.00. The molecule has 7 nitrogen and oxygen atoms in total. The number of carboxylic acids is 1. The summed E-state index contributed by atoms with van der Waals surface area (Å²) in [6.45, 7) is -0.847. The first-order valence-electron chi connectivity index (χ1n) is 5.71. The van der Waals surface area contributed by atoms with E-state index in [1.54, 1.807) is 4.72 Å². The van der Waals surface area contributed by atoms with Gasteiger partial charge in [-0.3, -0.25) is 4.79 Å². The number of rotatable bonds is 6. The minimum Gasteiger partial charge on any atom is -0.480 e. The number of alkyl halides is 2. The molecule has 0 amide bonds. The van der Waals surface area contributed by atoms with E-state index in [9.17, 15) is 22.0 Å². The van der Waals surface area contributed by atoms with Crippen LogP contribution in [0.2, 0.25) is 0 Å². The maximum Gasteiger partial charge on any atom is 0.322 e. The molecule has 19 heavy (non-hydrogen) atoms. The Balaban J connectivity index is 2.71. The third-order valence-corrected chi connectivity index (χ3v) is 4.40. The molecule has 2 atom stereocenters. The van der Waals surface area contributed by atoms with Crippen molar-refractivity contribution >= 4 is 16.2 Å². The Kier molecular flexibility index (Phi) is 5.59. The molecule has 0 aromatic heterocycles. The molecule has 0 aromatic rings. The molecule has 1 saturated heterocycles. The molecule has 3 N–H and O–H groups in total. The van der Waals surface area contributed by atoms with E-state index in [2.05, 4.69) is 0 Å². The molecule has 1 aliphatic heterocycles. The second-order valence-electron chi connectivity index (χ2n) is 4.22. The highest BCUT2D eigenvalue weighted by atomic mass is 32.2. The van der Waals surface area contributed by atoms with Crippen LogP contribution in [0.1, 0.15) is 19.3 Å². The van der Waals surface area contributed by atoms with Crippen LogP contribution in [0.5, 0.6) is 0 Å². The van der Waals surface area contributed by atoms with E-state index >= 15 is 0 Å². The molecule has 1 fully saturated rings. The average molecular weight is 302 g/mol. The quantitative estimate of drug-likeness (QED) is 0.606. The first kappa shape index (κ1) is 16.2. The lowest BCUT2D eigenvalue weighted by atomic mass is 10.1. The molecule has 1 heterocycles. The second-order valence-corrected chi connectivity index (χ2v) is 5.92. The fourth-order valence-electron chi connectivity index (χ4n) is 1.80. The molecular weight excluding hydrogens is 286 g/mol. The zero-order chi connectivity index (χ0) is 14.6. The molecule has 0 aromatic carbocycles. The van der Waals surface area contributed by atoms with Crippen molar-refractivity contribution in [1.82, 2.24) is 9.03 Å². The van der Waals surface area contributed by atoms with Gasteiger partial charge < -0.3 is 10.2 Å². The molecule has 0 saturated carbocycles. The first-order valence-corrected chi connectivity index (χ1v) is 7.15. The fourth-order valence-corrected chi connectivity index (χ4v) is 3.25. The Hall–Kier alpha value is -0.840. The van der Waals surface area contributed by atoms with Crippen LogP contribution in [-0.4, -0.2) is 60.6 Å². The number of hydrogen-bond donors (Lipinski definition) is 3. The maximum atomic E-state index is 12.1. The van der Waals surface area contributed by atoms with Gasteiger partial charge in [0.25, 0.3) is 16.6 Å². The van der Waals surface area contributed by atoms with Crippen LogP contribution in [0.3, 0.4) is 0 Å². The van der Waals surface area contributed by atoms with Gasteiger partial charge in [0.1, 0.15) is 12.1 Å². The summed E-state index contributed by atoms with van der Waals surface area (Å²) in [5.41, 5.74) is 0. The smallest absolute Gasteiger partial charge is 0.322 e. The number of carboxylic acid groups (broad SMARTS) is 1. The molecule has 0 radical (unpaired) electrons. The number of piperidine rings is 1. The molecule has 1 rings (SSSR count). The van der Waals surface area contributed by atoms with Gasteiger partial charge in [0, 0.05) is 13.1 Å². The molecule has 0 aliphatic carbocycles. The van der Waals surface area contributed by atoms with Gasteiger partial charge in [0.15, 0.2) is 0 Å². The summed E-state index contributed by atoms with van der Waals surface area (Å²) in [6, 6.07) is -1.20. The summed E-state index contributed by atoms with van der Waals surface area (Å²) in [7, 11) is -4.20. The molecule has 1 aliphatic rings. The Morgan fingerprint density at radius 1 is 1.42 bits per heavy atom. The Labute approximate surface area is 109 Å². The van der Waals surface area contributed by atoms with Gasteiger partial charge in [-0.05, 0) is 19.3 Å². The van der Waals surface area contributed by atoms with Crippen LogP contribution in [0.15, 0.2) is 0 Å². The summed E-state index contributed by atoms with van der Waals surface area (Å²) in [6.07, 6.45) is -3.93. The van der Waals surface area contributed by atoms with Crippen LogP contribution in [0.25, 0.3) is 0 Å². The fraction of sp³-hybridized carbons (Fsp3) is 0.889. The molecule has 10 heteroatoms. The highest BCUT2D eigenvalue weighted by molar-refractivity contribution is 7.87. The standard InChI is InChI=1S/C9H16F2N2O5S/c10-8(11)7(14)5-12-19(17,18)13-4-2-1-3-6(13)9(15)16/h6-8,12,14H,1-5H2,(H,15,16). The number of halogens is 2. The maximum absolute atomic E-state index is 12.1. The van der Waals surface area contributed by atoms with Gasteiger partial charge in [-0.25, -0.2) is 8.78 Å². The van der Waals surface area contributed by atoms with Crippen LogP contribution in [-0.2, 0) is 15.0 Å². The van der Waals surface area contributed by atoms with Crippen molar-refractivity contribution in [1.29, 1.82) is 0 Å². The number of nitrogens with one attached hydrogen (secondary N) is 1. The second kappa shape index (κ2) is 6.55. The van der Waals surface area contributed by atoms with E-state index in [-0.39, 0.29) is 13.0 Å². The van der Waals surface area contributed by atoms with E-state index < -0.39 is 41.3 Å². The normalized spacial score (nSPS) is 23.5. The summed E-state index contributed by atoms with van der Waals surface area (Å²) >= 11 is 0. The summed E-state index contributed by atoms with van der Waals surface area (Å²) in [4.78, 5) is 11.0. The predicted molar refractivity (Wildman–Crippen MR) is 60.9 cm³/mol. The summed E-state index contributed by atoms with van der Waals surface area (Å²) in [5.74, 6) is -1.28. The van der Waals surface area contributed by atoms with E-state index in [4.69, 9.17) is 10.2 Å². The Bertz CT molecular complexity index is 417. The van der Waals surface area contributed by atoms with Crippen molar-refractivity contribution in [2.75, 3.05) is 13.1 Å².